The molecule has 0 aliphatic carbocycles. The van der Waals surface area contributed by atoms with Crippen LogP contribution < -0.4 is 5.32 Å². The van der Waals surface area contributed by atoms with E-state index >= 15 is 0 Å². The van der Waals surface area contributed by atoms with Crippen LogP contribution in [0.2, 0.25) is 5.02 Å². The van der Waals surface area contributed by atoms with Crippen molar-refractivity contribution in [3.63, 3.8) is 0 Å². The number of benzene rings is 1. The van der Waals surface area contributed by atoms with Gasteiger partial charge in [0.25, 0.3) is 5.79 Å². The molecule has 1 aromatic carbocycles. The summed E-state index contributed by atoms with van der Waals surface area (Å²) in [6.45, 7) is 6.79. The molecule has 1 N–H and O–H groups in total. The summed E-state index contributed by atoms with van der Waals surface area (Å²) >= 11 is 6.15. The van der Waals surface area contributed by atoms with Crippen LogP contribution in [0.15, 0.2) is 23.9 Å². The van der Waals surface area contributed by atoms with Crippen LogP contribution in [-0.2, 0) is 19.1 Å². The third kappa shape index (κ3) is 3.36. The van der Waals surface area contributed by atoms with Gasteiger partial charge in [0, 0.05) is 20.0 Å². The van der Waals surface area contributed by atoms with Gasteiger partial charge in [-0.1, -0.05) is 17.7 Å². The number of nitrogens with one attached hydrogen (secondary N) is 1. The van der Waals surface area contributed by atoms with E-state index in [0.29, 0.717) is 10.7 Å². The monoisotopic (exact) mass is 309 g/mol. The van der Waals surface area contributed by atoms with Crippen molar-refractivity contribution in [3.05, 3.63) is 40.1 Å². The summed E-state index contributed by atoms with van der Waals surface area (Å²) in [4.78, 5) is 23.6. The Morgan fingerprint density at radius 2 is 1.71 bits per heavy atom. The summed E-state index contributed by atoms with van der Waals surface area (Å²) in [5.41, 5.74) is 2.34. The summed E-state index contributed by atoms with van der Waals surface area (Å²) in [5, 5.41) is 3.37. The average molecular weight is 310 g/mol. The molecule has 1 fully saturated rings. The van der Waals surface area contributed by atoms with Gasteiger partial charge >= 0.3 is 11.9 Å². The fourth-order valence-corrected chi connectivity index (χ4v) is 2.40. The van der Waals surface area contributed by atoms with Crippen LogP contribution in [0.5, 0.6) is 0 Å². The molecule has 0 spiro atoms. The van der Waals surface area contributed by atoms with Gasteiger partial charge in [0.15, 0.2) is 5.57 Å². The van der Waals surface area contributed by atoms with E-state index in [1.807, 2.05) is 19.9 Å². The van der Waals surface area contributed by atoms with E-state index in [4.69, 9.17) is 21.1 Å². The minimum atomic E-state index is -1.25. The first-order valence-corrected chi connectivity index (χ1v) is 6.77. The number of hydrogen-bond acceptors (Lipinski definition) is 5. The second kappa shape index (κ2) is 5.41. The van der Waals surface area contributed by atoms with Gasteiger partial charge in [-0.05, 0) is 31.0 Å². The van der Waals surface area contributed by atoms with Crippen LogP contribution in [0.25, 0.3) is 0 Å². The summed E-state index contributed by atoms with van der Waals surface area (Å²) in [5.74, 6) is -2.71. The Hall–Kier alpha value is -2.01. The average Bonchev–Trinajstić information content (AvgIpc) is 2.29. The number of anilines is 1. The Morgan fingerprint density at radius 3 is 2.24 bits per heavy atom. The predicted octanol–water partition coefficient (Wildman–Crippen LogP) is 3.09. The highest BCUT2D eigenvalue weighted by atomic mass is 35.5. The van der Waals surface area contributed by atoms with Gasteiger partial charge in [-0.25, -0.2) is 9.59 Å². The zero-order valence-electron chi connectivity index (χ0n) is 12.2. The van der Waals surface area contributed by atoms with Crippen LogP contribution in [0, 0.1) is 13.8 Å². The van der Waals surface area contributed by atoms with Crippen molar-refractivity contribution in [1.29, 1.82) is 0 Å². The smallest absolute Gasteiger partial charge is 0.350 e. The molecule has 6 heteroatoms. The van der Waals surface area contributed by atoms with Gasteiger partial charge in [0.05, 0.1) is 10.7 Å². The Morgan fingerprint density at radius 1 is 1.14 bits per heavy atom. The van der Waals surface area contributed by atoms with Crippen molar-refractivity contribution in [2.75, 3.05) is 5.32 Å². The minimum absolute atomic E-state index is 0.203. The van der Waals surface area contributed by atoms with Gasteiger partial charge in [-0.15, -0.1) is 0 Å². The predicted molar refractivity (Wildman–Crippen MR) is 78.9 cm³/mol. The van der Waals surface area contributed by atoms with Crippen molar-refractivity contribution in [1.82, 2.24) is 0 Å². The standard InChI is InChI=1S/C15H16ClNO4/c1-8-5-9(2)12(11(16)6-8)17-7-10-13(18)20-15(3,4)21-14(10)19/h5-7,17H,1-4H3. The summed E-state index contributed by atoms with van der Waals surface area (Å²) < 4.78 is 10.0. The highest BCUT2D eigenvalue weighted by Gasteiger charge is 2.38. The maximum atomic E-state index is 11.8. The minimum Gasteiger partial charge on any atom is -0.419 e. The molecule has 2 rings (SSSR count). The molecule has 0 amide bonds. The first-order valence-electron chi connectivity index (χ1n) is 6.40. The van der Waals surface area contributed by atoms with Crippen molar-refractivity contribution < 1.29 is 19.1 Å². The lowest BCUT2D eigenvalue weighted by atomic mass is 10.1. The molecule has 1 heterocycles. The van der Waals surface area contributed by atoms with E-state index in [0.717, 1.165) is 11.1 Å². The number of carbonyl (C=O) groups is 2. The molecule has 0 aromatic heterocycles. The molecule has 0 atom stereocenters. The van der Waals surface area contributed by atoms with Crippen molar-refractivity contribution in [2.45, 2.75) is 33.5 Å². The first-order chi connectivity index (χ1) is 9.69. The SMILES string of the molecule is Cc1cc(C)c(NC=C2C(=O)OC(C)(C)OC2=O)c(Cl)c1. The Labute approximate surface area is 127 Å². The molecule has 0 bridgehead atoms. The second-order valence-electron chi connectivity index (χ2n) is 5.32. The van der Waals surface area contributed by atoms with Crippen LogP contribution in [0.4, 0.5) is 5.69 Å². The lowest BCUT2D eigenvalue weighted by Crippen LogP contribution is -2.42. The number of carbonyl (C=O) groups excluding carboxylic acids is 2. The Kier molecular flexibility index (Phi) is 3.96. The lowest BCUT2D eigenvalue weighted by molar-refractivity contribution is -0.222. The van der Waals surface area contributed by atoms with Crippen molar-refractivity contribution >= 4 is 29.2 Å². The number of cyclic esters (lactones) is 2. The third-order valence-corrected chi connectivity index (χ3v) is 3.21. The molecular weight excluding hydrogens is 294 g/mol. The van der Waals surface area contributed by atoms with Gasteiger partial charge in [0.1, 0.15) is 0 Å². The highest BCUT2D eigenvalue weighted by molar-refractivity contribution is 6.33. The molecular formula is C15H16ClNO4. The van der Waals surface area contributed by atoms with Crippen LogP contribution in [0.3, 0.4) is 0 Å². The topological polar surface area (TPSA) is 64.6 Å². The third-order valence-electron chi connectivity index (χ3n) is 2.91. The zero-order chi connectivity index (χ0) is 15.8. The highest BCUT2D eigenvalue weighted by Crippen LogP contribution is 2.28. The lowest BCUT2D eigenvalue weighted by Gasteiger charge is -2.29. The summed E-state index contributed by atoms with van der Waals surface area (Å²) in [6, 6.07) is 3.73. The second-order valence-corrected chi connectivity index (χ2v) is 5.73. The van der Waals surface area contributed by atoms with Crippen molar-refractivity contribution in [2.24, 2.45) is 0 Å². The van der Waals surface area contributed by atoms with Crippen LogP contribution in [-0.4, -0.2) is 17.7 Å². The maximum Gasteiger partial charge on any atom is 0.350 e. The van der Waals surface area contributed by atoms with E-state index in [-0.39, 0.29) is 5.57 Å². The molecule has 21 heavy (non-hydrogen) atoms. The van der Waals surface area contributed by atoms with Gasteiger partial charge in [-0.2, -0.15) is 0 Å². The summed E-state index contributed by atoms with van der Waals surface area (Å²) in [7, 11) is 0. The largest absolute Gasteiger partial charge is 0.419 e. The normalized spacial score (nSPS) is 17.1. The zero-order valence-corrected chi connectivity index (χ0v) is 13.0. The maximum absolute atomic E-state index is 11.8. The van der Waals surface area contributed by atoms with Crippen molar-refractivity contribution in [3.8, 4) is 0 Å². The summed E-state index contributed by atoms with van der Waals surface area (Å²) in [6.07, 6.45) is 1.25. The Balaban J connectivity index is 2.26. The molecule has 5 nitrogen and oxygen atoms in total. The van der Waals surface area contributed by atoms with Crippen LogP contribution >= 0.6 is 11.6 Å². The number of esters is 2. The molecule has 1 saturated heterocycles. The molecule has 112 valence electrons. The fourth-order valence-electron chi connectivity index (χ4n) is 2.02. The number of halogens is 1. The van der Waals surface area contributed by atoms with Gasteiger partial charge in [0.2, 0.25) is 0 Å². The van der Waals surface area contributed by atoms with E-state index < -0.39 is 17.7 Å². The molecule has 0 radical (unpaired) electrons. The first kappa shape index (κ1) is 15.4. The molecule has 1 aliphatic rings. The quantitative estimate of drug-likeness (QED) is 0.516. The van der Waals surface area contributed by atoms with E-state index in [2.05, 4.69) is 5.32 Å². The Bertz CT molecular complexity index is 604. The van der Waals surface area contributed by atoms with E-state index in [1.165, 1.54) is 20.0 Å². The molecule has 1 aromatic rings. The number of rotatable bonds is 2. The van der Waals surface area contributed by atoms with Gasteiger partial charge < -0.3 is 14.8 Å². The van der Waals surface area contributed by atoms with E-state index in [1.54, 1.807) is 6.07 Å². The number of aryl methyl sites for hydroxylation is 2. The number of hydrogen-bond donors (Lipinski definition) is 1. The number of ether oxygens (including phenoxy) is 2. The molecule has 0 unspecified atom stereocenters. The van der Waals surface area contributed by atoms with Gasteiger partial charge in [-0.3, -0.25) is 0 Å². The van der Waals surface area contributed by atoms with E-state index in [9.17, 15) is 9.59 Å². The molecule has 1 aliphatic heterocycles. The fraction of sp³-hybridized carbons (Fsp3) is 0.333. The molecule has 0 saturated carbocycles. The van der Waals surface area contributed by atoms with Crippen LogP contribution in [0.1, 0.15) is 25.0 Å².